The van der Waals surface area contributed by atoms with Gasteiger partial charge in [0.15, 0.2) is 0 Å². The number of carbonyl (C=O) groups is 1. The molecule has 0 aromatic heterocycles. The summed E-state index contributed by atoms with van der Waals surface area (Å²) < 4.78 is 8.70. The maximum Gasteiger partial charge on any atom is 1.00 e. The molecule has 11 heavy (non-hydrogen) atoms. The summed E-state index contributed by atoms with van der Waals surface area (Å²) in [6.07, 6.45) is 0. The van der Waals surface area contributed by atoms with E-state index >= 15 is 0 Å². The van der Waals surface area contributed by atoms with Crippen molar-refractivity contribution in [3.63, 3.8) is 0 Å². The van der Waals surface area contributed by atoms with Gasteiger partial charge in [-0.05, 0) is 11.7 Å². The molecule has 0 aromatic rings. The molecule has 4 nitrogen and oxygen atoms in total. The minimum Gasteiger partial charge on any atom is -0.339 e. The topological polar surface area (TPSA) is 74.6 Å². The van der Waals surface area contributed by atoms with Crippen molar-refractivity contribution >= 4 is 14.0 Å². The predicted molar refractivity (Wildman–Crippen MR) is 37.2 cm³/mol. The van der Waals surface area contributed by atoms with Gasteiger partial charge in [0.05, 0.1) is 0 Å². The van der Waals surface area contributed by atoms with Crippen molar-refractivity contribution in [2.24, 2.45) is 5.92 Å². The van der Waals surface area contributed by atoms with E-state index in [9.17, 15) is 4.79 Å². The molecule has 0 saturated heterocycles. The van der Waals surface area contributed by atoms with Gasteiger partial charge in [0.1, 0.15) is 0 Å². The molecule has 0 aliphatic rings. The fraction of sp³-hybridized carbons (Fsp3) is 0.600. The van der Waals surface area contributed by atoms with E-state index in [1.165, 1.54) is 0 Å². The van der Waals surface area contributed by atoms with Crippen molar-refractivity contribution in [3.8, 4) is 0 Å². The van der Waals surface area contributed by atoms with Gasteiger partial charge in [0, 0.05) is 4.57 Å². The number of hydrogen-bond donors (Lipinski definition) is 2. The summed E-state index contributed by atoms with van der Waals surface area (Å²) in [5.41, 5.74) is 0. The van der Waals surface area contributed by atoms with Gasteiger partial charge in [-0.2, -0.15) is 0 Å². The molecule has 2 N–H and O–H groups in total. The molecule has 0 saturated carbocycles. The van der Waals surface area contributed by atoms with E-state index in [4.69, 9.17) is 14.4 Å². The minimum absolute atomic E-state index is 0. The first kappa shape index (κ1) is 17.6. The van der Waals surface area contributed by atoms with Crippen LogP contribution >= 0.6 is 8.25 Å². The van der Waals surface area contributed by atoms with Crippen LogP contribution in [0.5, 0.6) is 0 Å². The van der Waals surface area contributed by atoms with E-state index in [1.807, 2.05) is 13.8 Å². The van der Waals surface area contributed by atoms with Crippen LogP contribution in [0.15, 0.2) is 0 Å². The van der Waals surface area contributed by atoms with Crippen LogP contribution in [0.1, 0.15) is 13.8 Å². The summed E-state index contributed by atoms with van der Waals surface area (Å²) in [6, 6.07) is 0. The van der Waals surface area contributed by atoms with Gasteiger partial charge in [0.2, 0.25) is 0 Å². The average molecular weight is 189 g/mol. The van der Waals surface area contributed by atoms with E-state index < -0.39 is 8.25 Å². The third-order valence-electron chi connectivity index (χ3n) is 0.644. The molecular formula is C5H11NaO4P+. The van der Waals surface area contributed by atoms with Crippen LogP contribution in [0, 0.1) is 12.8 Å². The van der Waals surface area contributed by atoms with Gasteiger partial charge < -0.3 is 11.7 Å². The largest absolute Gasteiger partial charge is 1.00 e. The SMILES string of the molecule is O=[P+](O)O.[CH2-]C(=O)C(C)C.[Na+]. The fourth-order valence-corrected chi connectivity index (χ4v) is 0. The Balaban J connectivity index is -0.000000114. The van der Waals surface area contributed by atoms with Crippen molar-refractivity contribution in [1.82, 2.24) is 0 Å². The number of Topliss-reactive ketones (excluding diaryl/α,β-unsaturated/α-hetero) is 1. The molecule has 0 bridgehead atoms. The molecule has 0 aromatic carbocycles. The summed E-state index contributed by atoms with van der Waals surface area (Å²) in [5, 5.41) is 0. The molecule has 0 unspecified atom stereocenters. The Labute approximate surface area is 89.2 Å². The Bertz CT molecular complexity index is 122. The predicted octanol–water partition coefficient (Wildman–Crippen LogP) is -2.32. The van der Waals surface area contributed by atoms with Crippen LogP contribution in [0.4, 0.5) is 0 Å². The Morgan fingerprint density at radius 2 is 1.55 bits per heavy atom. The third kappa shape index (κ3) is 37.2. The van der Waals surface area contributed by atoms with Crippen molar-refractivity contribution in [2.75, 3.05) is 0 Å². The van der Waals surface area contributed by atoms with Gasteiger partial charge in [-0.25, -0.2) is 0 Å². The number of rotatable bonds is 1. The van der Waals surface area contributed by atoms with E-state index in [-0.39, 0.29) is 41.3 Å². The maximum atomic E-state index is 10.0. The van der Waals surface area contributed by atoms with E-state index in [0.29, 0.717) is 0 Å². The van der Waals surface area contributed by atoms with Crippen LogP contribution in [0.25, 0.3) is 0 Å². The smallest absolute Gasteiger partial charge is 0.339 e. The standard InChI is InChI=1S/C5H9O.Na.HO3P/c1-4(2)5(3)6;;1-4(2)3/h4H,3H2,1-2H3;;(H-,1,2,3)/q-1;+1;/p+1. The summed E-state index contributed by atoms with van der Waals surface area (Å²) in [5.74, 6) is 0.111. The van der Waals surface area contributed by atoms with Crippen molar-refractivity contribution < 1.29 is 48.7 Å². The fourth-order valence-electron chi connectivity index (χ4n) is 0. The molecule has 6 heteroatoms. The summed E-state index contributed by atoms with van der Waals surface area (Å²) in [6.45, 7) is 6.86. The molecule has 0 spiro atoms. The van der Waals surface area contributed by atoms with Crippen molar-refractivity contribution in [1.29, 1.82) is 0 Å². The Hall–Kier alpha value is 0.560. The molecule has 0 amide bonds. The maximum absolute atomic E-state index is 10.0. The first-order chi connectivity index (χ1) is 4.37. The Kier molecular flexibility index (Phi) is 16.9. The van der Waals surface area contributed by atoms with E-state index in [1.54, 1.807) is 0 Å². The zero-order valence-electron chi connectivity index (χ0n) is 6.94. The Morgan fingerprint density at radius 3 is 1.55 bits per heavy atom. The molecule has 0 aliphatic heterocycles. The number of ketones is 1. The second kappa shape index (κ2) is 10.6. The molecule has 0 atom stereocenters. The van der Waals surface area contributed by atoms with Gasteiger partial charge >= 0.3 is 37.8 Å². The van der Waals surface area contributed by atoms with Gasteiger partial charge in [-0.15, -0.1) is 9.79 Å². The first-order valence-corrected chi connectivity index (χ1v) is 3.75. The molecule has 0 radical (unpaired) electrons. The quantitative estimate of drug-likeness (QED) is 0.276. The van der Waals surface area contributed by atoms with Crippen LogP contribution in [-0.4, -0.2) is 15.6 Å². The zero-order chi connectivity index (χ0) is 8.73. The molecule has 0 aliphatic carbocycles. The van der Waals surface area contributed by atoms with E-state index in [0.717, 1.165) is 0 Å². The van der Waals surface area contributed by atoms with Gasteiger partial charge in [-0.1, -0.05) is 13.8 Å². The molecular weight excluding hydrogens is 178 g/mol. The molecule has 0 rings (SSSR count). The normalized spacial score (nSPS) is 7.36. The number of hydrogen-bond acceptors (Lipinski definition) is 2. The summed E-state index contributed by atoms with van der Waals surface area (Å²) in [7, 11) is -2.87. The van der Waals surface area contributed by atoms with Gasteiger partial charge in [-0.3, -0.25) is 0 Å². The zero-order valence-corrected chi connectivity index (χ0v) is 9.84. The second-order valence-electron chi connectivity index (χ2n) is 1.87. The number of carbonyl (C=O) groups excluding carboxylic acids is 1. The summed E-state index contributed by atoms with van der Waals surface area (Å²) >= 11 is 0. The second-order valence-corrected chi connectivity index (χ2v) is 2.38. The van der Waals surface area contributed by atoms with Crippen molar-refractivity contribution in [2.45, 2.75) is 13.8 Å². The molecule has 0 heterocycles. The first-order valence-electron chi connectivity index (χ1n) is 2.58. The van der Waals surface area contributed by atoms with Crippen LogP contribution < -0.4 is 29.6 Å². The molecule has 0 fully saturated rings. The average Bonchev–Trinajstić information content (AvgIpc) is 1.63. The van der Waals surface area contributed by atoms with E-state index in [2.05, 4.69) is 6.92 Å². The van der Waals surface area contributed by atoms with Crippen LogP contribution in [0.2, 0.25) is 0 Å². The van der Waals surface area contributed by atoms with Crippen molar-refractivity contribution in [3.05, 3.63) is 6.92 Å². The Morgan fingerprint density at radius 1 is 1.45 bits per heavy atom. The van der Waals surface area contributed by atoms with Crippen LogP contribution in [-0.2, 0) is 9.36 Å². The monoisotopic (exact) mass is 189 g/mol. The molecule has 60 valence electrons. The van der Waals surface area contributed by atoms with Crippen LogP contribution in [0.3, 0.4) is 0 Å². The van der Waals surface area contributed by atoms with Gasteiger partial charge in [0.25, 0.3) is 0 Å². The third-order valence-corrected chi connectivity index (χ3v) is 0.644. The minimum atomic E-state index is -2.87. The summed E-state index contributed by atoms with van der Waals surface area (Å²) in [4.78, 5) is 24.3.